The molecule has 0 saturated carbocycles. The van der Waals surface area contributed by atoms with Crippen molar-refractivity contribution in [2.24, 2.45) is 4.99 Å². The van der Waals surface area contributed by atoms with Gasteiger partial charge in [0.15, 0.2) is 31.0 Å². The Morgan fingerprint density at radius 3 is 2.02 bits per heavy atom. The maximum absolute atomic E-state index is 12.5. The average Bonchev–Trinajstić information content (AvgIpc) is 3.77. The number of carbonyl (C=O) groups excluding carboxylic acids is 1. The third-order valence-electron chi connectivity index (χ3n) is 12.5. The smallest absolute Gasteiger partial charge is 0.450 e. The molecule has 2 N–H and O–H groups in total. The van der Waals surface area contributed by atoms with Gasteiger partial charge in [0.2, 0.25) is 5.91 Å². The monoisotopic (exact) mass is 861 g/mol. The van der Waals surface area contributed by atoms with Crippen LogP contribution in [0.5, 0.6) is 0 Å². The number of hydrogen-bond acceptors (Lipinski definition) is 6. The van der Waals surface area contributed by atoms with Gasteiger partial charge < -0.3 is 15.2 Å². The molecule has 5 heterocycles. The standard InChI is InChI=1S/C52H72N7O4/c1-4-17-47(46-25-36-58(37-26-46)32-13-9-15-39-63-52(61)62)41-48(44-21-28-53-29-22-44)40-43(5-2)45-23-34-57(35-24-45)31-12-8-10-20-50(60)54-27-11-6-7-14-33-59-38-30-55-51(59)49-19-16-18-42(3)56-49/h16,18-19,21-26,28-30,34-38,43,47-48,51H,4-15,17,20,27,31-33,39-41H2,1-3H3/q+1/p+2. The number of pyridine rings is 4. The number of aryl methyl sites for hydroxylation is 3. The molecule has 4 unspecified atom stereocenters. The van der Waals surface area contributed by atoms with E-state index in [9.17, 15) is 9.59 Å². The van der Waals surface area contributed by atoms with Crippen molar-refractivity contribution < 1.29 is 33.1 Å². The number of nitrogens with one attached hydrogen (secondary N) is 1. The molecule has 5 rings (SSSR count). The van der Waals surface area contributed by atoms with Crippen molar-refractivity contribution >= 4 is 24.5 Å². The van der Waals surface area contributed by atoms with E-state index < -0.39 is 6.16 Å². The summed E-state index contributed by atoms with van der Waals surface area (Å²) in [5, 5.41) is 11.8. The summed E-state index contributed by atoms with van der Waals surface area (Å²) in [5.74, 6) is 1.50. The zero-order valence-corrected chi connectivity index (χ0v) is 38.3. The van der Waals surface area contributed by atoms with Gasteiger partial charge in [-0.25, -0.2) is 28.5 Å². The lowest BCUT2D eigenvalue weighted by Crippen LogP contribution is -2.33. The van der Waals surface area contributed by atoms with Gasteiger partial charge in [-0.15, -0.1) is 0 Å². The molecule has 63 heavy (non-hydrogen) atoms. The second kappa shape index (κ2) is 27.7. The number of carboxylic acid groups (broad SMARTS) is 1. The summed E-state index contributed by atoms with van der Waals surface area (Å²) in [6.07, 6.45) is 31.7. The summed E-state index contributed by atoms with van der Waals surface area (Å²) in [7, 11) is 0. The first-order chi connectivity index (χ1) is 30.8. The molecule has 11 nitrogen and oxygen atoms in total. The van der Waals surface area contributed by atoms with E-state index >= 15 is 0 Å². The van der Waals surface area contributed by atoms with Crippen LogP contribution in [0.1, 0.15) is 169 Å². The normalized spacial score (nSPS) is 14.8. The second-order valence-corrected chi connectivity index (χ2v) is 17.3. The first-order valence-corrected chi connectivity index (χ1v) is 23.9. The lowest BCUT2D eigenvalue weighted by molar-refractivity contribution is -0.697. The molecule has 4 aromatic heterocycles. The Kier molecular flexibility index (Phi) is 21.4. The average molecular weight is 861 g/mol. The van der Waals surface area contributed by atoms with Crippen LogP contribution in [-0.2, 0) is 22.6 Å². The highest BCUT2D eigenvalue weighted by Gasteiger charge is 2.26. The summed E-state index contributed by atoms with van der Waals surface area (Å²) < 4.78 is 11.4. The highest BCUT2D eigenvalue weighted by molar-refractivity contribution is 6.14. The van der Waals surface area contributed by atoms with Crippen LogP contribution in [0.15, 0.2) is 96.8 Å². The quantitative estimate of drug-likeness (QED) is 0.0306. The largest absolute Gasteiger partial charge is 0.505 e. The first-order valence-electron chi connectivity index (χ1n) is 23.9. The van der Waals surface area contributed by atoms with Crippen molar-refractivity contribution in [3.63, 3.8) is 0 Å². The third-order valence-corrected chi connectivity index (χ3v) is 12.5. The van der Waals surface area contributed by atoms with E-state index in [1.165, 1.54) is 16.7 Å². The van der Waals surface area contributed by atoms with Crippen LogP contribution in [-0.4, -0.2) is 63.8 Å². The summed E-state index contributed by atoms with van der Waals surface area (Å²) in [6.45, 7) is 10.5. The van der Waals surface area contributed by atoms with Crippen molar-refractivity contribution in [1.82, 2.24) is 15.3 Å². The Bertz CT molecular complexity index is 1990. The van der Waals surface area contributed by atoms with Crippen LogP contribution in [0.25, 0.3) is 0 Å². The molecule has 1 amide bonds. The fourth-order valence-corrected chi connectivity index (χ4v) is 8.88. The molecule has 1 aliphatic heterocycles. The summed E-state index contributed by atoms with van der Waals surface area (Å²) >= 11 is 0. The Balaban J connectivity index is 0.991. The number of rotatable bonds is 30. The zero-order chi connectivity index (χ0) is 44.5. The number of unbranched alkanes of at least 4 members (excludes halogenated alkanes) is 7. The number of aliphatic imine (C=N–C) groups is 1. The van der Waals surface area contributed by atoms with Crippen molar-refractivity contribution in [2.75, 3.05) is 19.7 Å². The van der Waals surface area contributed by atoms with Crippen LogP contribution in [0.4, 0.5) is 4.79 Å². The minimum atomic E-state index is -1.20. The van der Waals surface area contributed by atoms with Crippen LogP contribution in [0, 0.1) is 6.92 Å². The van der Waals surface area contributed by atoms with Crippen LogP contribution < -0.4 is 14.5 Å². The van der Waals surface area contributed by atoms with Gasteiger partial charge in [-0.1, -0.05) is 32.8 Å². The summed E-state index contributed by atoms with van der Waals surface area (Å²) in [4.78, 5) is 36.7. The number of carbonyl (C=O) groups is 2. The molecule has 4 aromatic rings. The highest BCUT2D eigenvalue weighted by atomic mass is 16.7. The van der Waals surface area contributed by atoms with E-state index in [0.29, 0.717) is 24.2 Å². The van der Waals surface area contributed by atoms with Gasteiger partial charge in [0.1, 0.15) is 25.3 Å². The molecule has 0 bridgehead atoms. The molecule has 0 radical (unpaired) electrons. The van der Waals surface area contributed by atoms with Gasteiger partial charge in [-0.3, -0.25) is 9.78 Å². The lowest BCUT2D eigenvalue weighted by Gasteiger charge is -2.27. The minimum Gasteiger partial charge on any atom is -0.450 e. The molecule has 0 aliphatic carbocycles. The molecule has 0 spiro atoms. The van der Waals surface area contributed by atoms with Crippen molar-refractivity contribution in [2.45, 2.75) is 161 Å². The molecule has 0 fully saturated rings. The predicted octanol–water partition coefficient (Wildman–Crippen LogP) is 9.97. The van der Waals surface area contributed by atoms with E-state index in [1.54, 1.807) is 0 Å². The van der Waals surface area contributed by atoms with Crippen LogP contribution in [0.2, 0.25) is 0 Å². The second-order valence-electron chi connectivity index (χ2n) is 17.3. The molecular formula is C52H74N7O4+3. The van der Waals surface area contributed by atoms with Crippen LogP contribution >= 0.6 is 0 Å². The minimum absolute atomic E-state index is 0.0123. The van der Waals surface area contributed by atoms with Crippen molar-refractivity contribution in [3.05, 3.63) is 120 Å². The summed E-state index contributed by atoms with van der Waals surface area (Å²) in [5.41, 5.74) is 6.18. The van der Waals surface area contributed by atoms with Gasteiger partial charge in [0.05, 0.1) is 12.8 Å². The summed E-state index contributed by atoms with van der Waals surface area (Å²) in [6, 6.07) is 19.8. The number of nitrogens with zero attached hydrogens (tertiary/aromatic N) is 6. The van der Waals surface area contributed by atoms with Gasteiger partial charge in [-0.05, 0) is 130 Å². The maximum atomic E-state index is 12.5. The molecule has 338 valence electrons. The number of hydrogen-bond donors (Lipinski definition) is 2. The third kappa shape index (κ3) is 17.4. The Morgan fingerprint density at radius 1 is 0.730 bits per heavy atom. The fraction of sp³-hybridized carbons (Fsp3) is 0.538. The molecule has 1 aliphatic rings. The number of amides is 1. The fourth-order valence-electron chi connectivity index (χ4n) is 8.88. The van der Waals surface area contributed by atoms with E-state index in [0.717, 1.165) is 134 Å². The molecule has 0 aromatic carbocycles. The Hall–Kier alpha value is -5.32. The number of ether oxygens (including phenoxy) is 1. The predicted molar refractivity (Wildman–Crippen MR) is 249 cm³/mol. The lowest BCUT2D eigenvalue weighted by atomic mass is 9.77. The van der Waals surface area contributed by atoms with Gasteiger partial charge in [-0.2, -0.15) is 0 Å². The maximum Gasteiger partial charge on any atom is 0.505 e. The highest BCUT2D eigenvalue weighted by Crippen LogP contribution is 2.39. The van der Waals surface area contributed by atoms with E-state index in [-0.39, 0.29) is 18.7 Å². The van der Waals surface area contributed by atoms with E-state index in [4.69, 9.17) is 5.11 Å². The van der Waals surface area contributed by atoms with Crippen molar-refractivity contribution in [3.8, 4) is 0 Å². The molecule has 4 atom stereocenters. The van der Waals surface area contributed by atoms with Gasteiger partial charge >= 0.3 is 6.16 Å². The van der Waals surface area contributed by atoms with Crippen LogP contribution in [0.3, 0.4) is 0 Å². The Labute approximate surface area is 376 Å². The Morgan fingerprint density at radius 2 is 1.35 bits per heavy atom. The molecular weight excluding hydrogens is 787 g/mol. The van der Waals surface area contributed by atoms with Crippen molar-refractivity contribution in [1.29, 1.82) is 0 Å². The van der Waals surface area contributed by atoms with Gasteiger partial charge in [0, 0.05) is 74.6 Å². The zero-order valence-electron chi connectivity index (χ0n) is 38.3. The molecule has 0 saturated heterocycles. The SMILES string of the molecule is CCCC(CC(CC(CC)c1cc[n+](CCCCCC(=O)NCCCCCC[N+]2=CC=NC2c2cccc(C)n2)cc1)c1ccncc1)c1cc[n+](CCCCCOC(=O)O)cc1. The van der Waals surface area contributed by atoms with E-state index in [1.807, 2.05) is 37.7 Å². The molecule has 11 heteroatoms. The van der Waals surface area contributed by atoms with Gasteiger partial charge in [0.25, 0.3) is 6.17 Å². The number of aromatic nitrogens is 4. The topological polar surface area (TPSA) is 125 Å². The first kappa shape index (κ1) is 48.7. The van der Waals surface area contributed by atoms with E-state index in [2.05, 4.69) is 126 Å².